The lowest BCUT2D eigenvalue weighted by atomic mass is 9.88. The molecule has 1 aliphatic heterocycles. The van der Waals surface area contributed by atoms with Crippen molar-refractivity contribution >= 4 is 59.0 Å². The van der Waals surface area contributed by atoms with E-state index in [0.717, 1.165) is 53.8 Å². The number of hydrogen-bond acceptors (Lipinski definition) is 7. The minimum Gasteiger partial charge on any atom is -0.406 e. The summed E-state index contributed by atoms with van der Waals surface area (Å²) in [6.07, 6.45) is 5.29. The van der Waals surface area contributed by atoms with E-state index >= 15 is 0 Å². The summed E-state index contributed by atoms with van der Waals surface area (Å²) in [6.45, 7) is 7.90. The number of carbonyl (C=O) groups is 2. The van der Waals surface area contributed by atoms with Crippen LogP contribution in [0.1, 0.15) is 37.3 Å². The second-order valence-electron chi connectivity index (χ2n) is 12.0. The molecule has 2 amide bonds. The summed E-state index contributed by atoms with van der Waals surface area (Å²) < 4.78 is 40.9. The van der Waals surface area contributed by atoms with Gasteiger partial charge in [0.25, 0.3) is 0 Å². The molecule has 2 aromatic rings. The molecule has 50 heavy (non-hydrogen) atoms. The maximum atomic E-state index is 12.8. The number of carbonyl (C=O) groups excluding carboxylic acids is 2. The minimum atomic E-state index is -4.76. The molecule has 1 unspecified atom stereocenters. The van der Waals surface area contributed by atoms with Crippen LogP contribution in [-0.2, 0) is 9.59 Å². The van der Waals surface area contributed by atoms with Crippen molar-refractivity contribution in [3.8, 4) is 5.75 Å². The van der Waals surface area contributed by atoms with Gasteiger partial charge in [-0.2, -0.15) is 5.10 Å². The molecule has 4 rings (SSSR count). The Morgan fingerprint density at radius 3 is 2.56 bits per heavy atom. The van der Waals surface area contributed by atoms with Gasteiger partial charge in [0.05, 0.1) is 23.3 Å². The quantitative estimate of drug-likeness (QED) is 0.105. The fraction of sp³-hybridized carbons (Fsp3) is 0.371. The number of thioether (sulfide) groups is 1. The van der Waals surface area contributed by atoms with Crippen LogP contribution in [0.3, 0.4) is 0 Å². The van der Waals surface area contributed by atoms with E-state index in [2.05, 4.69) is 30.6 Å². The number of hydrazone groups is 1. The van der Waals surface area contributed by atoms with Crippen LogP contribution < -0.4 is 21.2 Å². The van der Waals surface area contributed by atoms with Crippen molar-refractivity contribution in [2.24, 2.45) is 37.6 Å². The Bertz CT molecular complexity index is 1670. The molecule has 2 aliphatic rings. The number of halogens is 3. The summed E-state index contributed by atoms with van der Waals surface area (Å²) in [6, 6.07) is 11.0. The Hall–Kier alpha value is -4.92. The highest BCUT2D eigenvalue weighted by Gasteiger charge is 2.31. The topological polar surface area (TPSA) is 146 Å². The largest absolute Gasteiger partial charge is 0.573 e. The highest BCUT2D eigenvalue weighted by Crippen LogP contribution is 2.27. The highest BCUT2D eigenvalue weighted by atomic mass is 32.2. The van der Waals surface area contributed by atoms with Crippen molar-refractivity contribution in [2.45, 2.75) is 46.4 Å². The standard InChI is InChI=1S/C35H41F3N8O3S/c1-23-6-4-7-24(2)32(23)44-34(50-20-31(48)40-17-26-8-5-15-46(19-26)22-47)45-43-18-28-10-9-27(16-25(28)3)33(39)42-21-41-29-11-13-30(14-12-29)49-35(36,37)38/h4,6-7,9-14,18,21-22,25-26H,5,8,15-17,19-20H2,1-3H3,(H,40,48)(H,44,45)(H2,39,41,42)/b43-18+/t25?,26-/m0/s1. The number of rotatable bonds is 12. The fourth-order valence-electron chi connectivity index (χ4n) is 5.35. The summed E-state index contributed by atoms with van der Waals surface area (Å²) in [5, 5.41) is 7.91. The van der Waals surface area contributed by atoms with Crippen LogP contribution >= 0.6 is 11.8 Å². The van der Waals surface area contributed by atoms with Crippen molar-refractivity contribution in [3.63, 3.8) is 0 Å². The molecule has 266 valence electrons. The van der Waals surface area contributed by atoms with Crippen molar-refractivity contribution in [2.75, 3.05) is 25.4 Å². The summed E-state index contributed by atoms with van der Waals surface area (Å²) >= 11 is 1.25. The average Bonchev–Trinajstić information content (AvgIpc) is 3.08. The van der Waals surface area contributed by atoms with Gasteiger partial charge in [0.15, 0.2) is 5.17 Å². The molecule has 1 heterocycles. The number of amidine groups is 2. The zero-order valence-electron chi connectivity index (χ0n) is 28.1. The van der Waals surface area contributed by atoms with Crippen molar-refractivity contribution in [1.82, 2.24) is 15.6 Å². The molecule has 4 N–H and O–H groups in total. The minimum absolute atomic E-state index is 0.0553. The van der Waals surface area contributed by atoms with Gasteiger partial charge in [0, 0.05) is 19.6 Å². The molecule has 2 atom stereocenters. The number of piperidine rings is 1. The average molecular weight is 711 g/mol. The fourth-order valence-corrected chi connectivity index (χ4v) is 5.99. The molecular formula is C35H41F3N8O3S. The van der Waals surface area contributed by atoms with Crippen LogP contribution in [-0.4, -0.2) is 72.5 Å². The third kappa shape index (κ3) is 12.2. The zero-order valence-corrected chi connectivity index (χ0v) is 28.9. The molecule has 1 aliphatic carbocycles. The van der Waals surface area contributed by atoms with Crippen molar-refractivity contribution < 1.29 is 27.5 Å². The first-order valence-corrected chi connectivity index (χ1v) is 17.0. The van der Waals surface area contributed by atoms with Crippen LogP contribution in [0, 0.1) is 25.7 Å². The molecule has 0 spiro atoms. The molecular weight excluding hydrogens is 669 g/mol. The summed E-state index contributed by atoms with van der Waals surface area (Å²) in [5.41, 5.74) is 14.1. The third-order valence-electron chi connectivity index (χ3n) is 8.03. The van der Waals surface area contributed by atoms with Gasteiger partial charge in [-0.3, -0.25) is 15.0 Å². The van der Waals surface area contributed by atoms with Crippen LogP contribution in [0.25, 0.3) is 0 Å². The van der Waals surface area contributed by atoms with Gasteiger partial charge in [-0.1, -0.05) is 49.0 Å². The molecule has 0 radical (unpaired) electrons. The Kier molecular flexibility index (Phi) is 13.8. The number of aryl methyl sites for hydroxylation is 2. The normalized spacial score (nSPS) is 19.0. The lowest BCUT2D eigenvalue weighted by Crippen LogP contribution is -2.40. The maximum Gasteiger partial charge on any atom is 0.573 e. The number of alkyl halides is 3. The number of hydrogen-bond donors (Lipinski definition) is 3. The maximum absolute atomic E-state index is 12.8. The zero-order chi connectivity index (χ0) is 36.1. The number of amides is 2. The van der Waals surface area contributed by atoms with Gasteiger partial charge in [-0.25, -0.2) is 15.0 Å². The van der Waals surface area contributed by atoms with Crippen LogP contribution in [0.4, 0.5) is 24.5 Å². The second-order valence-corrected chi connectivity index (χ2v) is 13.0. The second kappa shape index (κ2) is 18.2. The van der Waals surface area contributed by atoms with Crippen LogP contribution in [0.2, 0.25) is 0 Å². The molecule has 0 bridgehead atoms. The van der Waals surface area contributed by atoms with Crippen molar-refractivity contribution in [3.05, 3.63) is 76.9 Å². The Balaban J connectivity index is 1.37. The van der Waals surface area contributed by atoms with E-state index in [0.29, 0.717) is 30.4 Å². The van der Waals surface area contributed by atoms with Gasteiger partial charge in [0.1, 0.15) is 17.9 Å². The molecule has 0 saturated carbocycles. The molecule has 11 nitrogen and oxygen atoms in total. The Morgan fingerprint density at radius 2 is 1.88 bits per heavy atom. The molecule has 2 aromatic carbocycles. The predicted molar refractivity (Wildman–Crippen MR) is 193 cm³/mol. The van der Waals surface area contributed by atoms with E-state index in [1.807, 2.05) is 51.1 Å². The monoisotopic (exact) mass is 710 g/mol. The highest BCUT2D eigenvalue weighted by molar-refractivity contribution is 8.14. The number of nitrogens with two attached hydrogens (primary N) is 1. The first-order chi connectivity index (χ1) is 23.9. The summed E-state index contributed by atoms with van der Waals surface area (Å²) in [4.78, 5) is 38.7. The Labute approximate surface area is 293 Å². The lowest BCUT2D eigenvalue weighted by Gasteiger charge is -2.29. The Morgan fingerprint density at radius 1 is 1.14 bits per heavy atom. The third-order valence-corrected chi connectivity index (χ3v) is 8.89. The first-order valence-electron chi connectivity index (χ1n) is 16.1. The number of ether oxygens (including phenoxy) is 1. The van der Waals surface area contributed by atoms with Crippen LogP contribution in [0.5, 0.6) is 5.75 Å². The number of allylic oxidation sites excluding steroid dienone is 3. The summed E-state index contributed by atoms with van der Waals surface area (Å²) in [5.74, 6) is 0.233. The van der Waals surface area contributed by atoms with E-state index in [4.69, 9.17) is 10.7 Å². The first kappa shape index (κ1) is 37.9. The van der Waals surface area contributed by atoms with E-state index in [1.165, 1.54) is 42.4 Å². The van der Waals surface area contributed by atoms with E-state index in [9.17, 15) is 22.8 Å². The number of para-hydroxylation sites is 1. The van der Waals surface area contributed by atoms with Gasteiger partial charge >= 0.3 is 6.36 Å². The number of nitrogens with zero attached hydrogens (tertiary/aromatic N) is 5. The van der Waals surface area contributed by atoms with E-state index in [-0.39, 0.29) is 35.1 Å². The predicted octanol–water partition coefficient (Wildman–Crippen LogP) is 6.09. The summed E-state index contributed by atoms with van der Waals surface area (Å²) in [7, 11) is 0. The van der Waals surface area contributed by atoms with E-state index in [1.54, 1.807) is 11.1 Å². The van der Waals surface area contributed by atoms with E-state index < -0.39 is 6.36 Å². The smallest absolute Gasteiger partial charge is 0.406 e. The molecule has 0 aromatic heterocycles. The molecule has 1 fully saturated rings. The van der Waals surface area contributed by atoms with Gasteiger partial charge < -0.3 is 20.7 Å². The molecule has 1 saturated heterocycles. The lowest BCUT2D eigenvalue weighted by molar-refractivity contribution is -0.274. The van der Waals surface area contributed by atoms with Crippen molar-refractivity contribution in [1.29, 1.82) is 0 Å². The number of nitrogens with one attached hydrogen (secondary N) is 2. The van der Waals surface area contributed by atoms with Gasteiger partial charge in [-0.15, -0.1) is 13.2 Å². The number of benzene rings is 2. The van der Waals surface area contributed by atoms with Crippen LogP contribution in [0.15, 0.2) is 85.8 Å². The number of likely N-dealkylation sites (tertiary alicyclic amines) is 1. The molecule has 15 heteroatoms. The SMILES string of the molecule is Cc1cccc(C)c1N=C(N/N=C/C1=CC=C(C(N)=NC=Nc2ccc(OC(F)(F)F)cc2)CC1C)SCC(=O)NC[C@@H]1CCCN(C=O)C1. The van der Waals surface area contributed by atoms with Gasteiger partial charge in [0.2, 0.25) is 12.3 Å². The van der Waals surface area contributed by atoms with Gasteiger partial charge in [-0.05, 0) is 91.5 Å². The number of aliphatic imine (C=N–C) groups is 3.